The van der Waals surface area contributed by atoms with Gasteiger partial charge in [0.1, 0.15) is 0 Å². The van der Waals surface area contributed by atoms with E-state index in [1.807, 2.05) is 0 Å². The molecule has 0 aromatic heterocycles. The lowest BCUT2D eigenvalue weighted by Crippen LogP contribution is -2.30. The quantitative estimate of drug-likeness (QED) is 0.816. The Morgan fingerprint density at radius 2 is 2.11 bits per heavy atom. The molecule has 2 aliphatic rings. The Hall–Kier alpha value is -0.820. The molecule has 0 aliphatic heterocycles. The predicted molar refractivity (Wildman–Crippen MR) is 76.7 cm³/mol. The molecule has 1 N–H and O–H groups in total. The largest absolute Gasteiger partial charge is 0.309 e. The molecule has 0 amide bonds. The van der Waals surface area contributed by atoms with Crippen LogP contribution in [-0.2, 0) is 6.42 Å². The Balaban J connectivity index is 1.64. The van der Waals surface area contributed by atoms with Gasteiger partial charge in [-0.3, -0.25) is 0 Å². The number of nitrogens with one attached hydrogen (secondary N) is 1. The van der Waals surface area contributed by atoms with E-state index in [1.165, 1.54) is 51.5 Å². The number of benzene rings is 1. The first-order valence-corrected chi connectivity index (χ1v) is 7.64. The van der Waals surface area contributed by atoms with Gasteiger partial charge in [-0.15, -0.1) is 0 Å². The van der Waals surface area contributed by atoms with E-state index in [4.69, 9.17) is 0 Å². The topological polar surface area (TPSA) is 12.0 Å². The van der Waals surface area contributed by atoms with Crippen molar-refractivity contribution < 1.29 is 0 Å². The Morgan fingerprint density at radius 1 is 1.28 bits per heavy atom. The lowest BCUT2D eigenvalue weighted by Gasteiger charge is -2.28. The van der Waals surface area contributed by atoms with Crippen LogP contribution in [0.3, 0.4) is 0 Å². The summed E-state index contributed by atoms with van der Waals surface area (Å²) in [6.45, 7) is 3.55. The fourth-order valence-corrected chi connectivity index (χ4v) is 3.53. The Labute approximate surface area is 111 Å². The van der Waals surface area contributed by atoms with Crippen molar-refractivity contribution in [3.63, 3.8) is 0 Å². The summed E-state index contributed by atoms with van der Waals surface area (Å²) in [6.07, 6.45) is 9.57. The van der Waals surface area contributed by atoms with E-state index < -0.39 is 0 Å². The second kappa shape index (κ2) is 5.05. The second-order valence-corrected chi connectivity index (χ2v) is 6.27. The molecular formula is C17H25N. The zero-order valence-corrected chi connectivity index (χ0v) is 11.5. The minimum absolute atomic E-state index is 0.615. The van der Waals surface area contributed by atoms with E-state index in [9.17, 15) is 0 Å². The highest BCUT2D eigenvalue weighted by Gasteiger charge is 2.41. The van der Waals surface area contributed by atoms with Crippen LogP contribution in [0.4, 0.5) is 0 Å². The molecule has 0 saturated heterocycles. The third-order valence-corrected chi connectivity index (χ3v) is 4.83. The summed E-state index contributed by atoms with van der Waals surface area (Å²) in [7, 11) is 0. The number of aryl methyl sites for hydroxylation is 1. The minimum Gasteiger partial charge on any atom is -0.309 e. The Morgan fingerprint density at radius 3 is 2.89 bits per heavy atom. The molecule has 0 spiro atoms. The summed E-state index contributed by atoms with van der Waals surface area (Å²) in [5.41, 5.74) is 3.80. The van der Waals surface area contributed by atoms with Crippen molar-refractivity contribution in [3.8, 4) is 0 Å². The minimum atomic E-state index is 0.615. The molecule has 1 heteroatoms. The molecule has 3 rings (SSSR count). The summed E-state index contributed by atoms with van der Waals surface area (Å²) >= 11 is 0. The molecule has 1 saturated carbocycles. The average Bonchev–Trinajstić information content (AvgIpc) is 3.17. The molecule has 1 fully saturated rings. The van der Waals surface area contributed by atoms with Crippen molar-refractivity contribution >= 4 is 0 Å². The van der Waals surface area contributed by atoms with Gasteiger partial charge in [0.2, 0.25) is 0 Å². The number of hydrogen-bond acceptors (Lipinski definition) is 1. The molecule has 1 aromatic rings. The van der Waals surface area contributed by atoms with Gasteiger partial charge in [0.15, 0.2) is 0 Å². The van der Waals surface area contributed by atoms with Crippen LogP contribution < -0.4 is 5.32 Å². The van der Waals surface area contributed by atoms with Crippen LogP contribution in [0.25, 0.3) is 0 Å². The van der Waals surface area contributed by atoms with E-state index in [-0.39, 0.29) is 0 Å². The van der Waals surface area contributed by atoms with Crippen molar-refractivity contribution in [1.29, 1.82) is 0 Å². The average molecular weight is 243 g/mol. The van der Waals surface area contributed by atoms with Gasteiger partial charge in [-0.25, -0.2) is 0 Å². The first-order valence-electron chi connectivity index (χ1n) is 7.64. The summed E-state index contributed by atoms with van der Waals surface area (Å²) in [5, 5.41) is 3.87. The molecule has 0 radical (unpaired) electrons. The van der Waals surface area contributed by atoms with Crippen LogP contribution in [0.2, 0.25) is 0 Å². The number of fused-ring (bicyclic) bond motifs is 1. The smallest absolute Gasteiger partial charge is 0.0323 e. The molecule has 1 atom stereocenters. The number of rotatable bonds is 5. The second-order valence-electron chi connectivity index (χ2n) is 6.27. The lowest BCUT2D eigenvalue weighted by molar-refractivity contribution is 0.367. The van der Waals surface area contributed by atoms with E-state index in [1.54, 1.807) is 11.1 Å². The monoisotopic (exact) mass is 243 g/mol. The van der Waals surface area contributed by atoms with Crippen LogP contribution in [0, 0.1) is 5.41 Å². The van der Waals surface area contributed by atoms with Crippen LogP contribution in [0.5, 0.6) is 0 Å². The zero-order valence-electron chi connectivity index (χ0n) is 11.5. The van der Waals surface area contributed by atoms with Gasteiger partial charge in [-0.2, -0.15) is 0 Å². The Kier molecular flexibility index (Phi) is 3.43. The maximum atomic E-state index is 3.87. The van der Waals surface area contributed by atoms with Crippen molar-refractivity contribution in [2.24, 2.45) is 5.41 Å². The first kappa shape index (κ1) is 12.2. The normalized spacial score (nSPS) is 24.6. The fraction of sp³-hybridized carbons (Fsp3) is 0.647. The van der Waals surface area contributed by atoms with Crippen molar-refractivity contribution in [2.75, 3.05) is 6.54 Å². The third kappa shape index (κ3) is 2.47. The summed E-state index contributed by atoms with van der Waals surface area (Å²) in [5.74, 6) is 0. The third-order valence-electron chi connectivity index (χ3n) is 4.83. The maximum absolute atomic E-state index is 3.87. The first-order chi connectivity index (χ1) is 8.83. The van der Waals surface area contributed by atoms with Gasteiger partial charge >= 0.3 is 0 Å². The number of hydrogen-bond donors (Lipinski definition) is 1. The SMILES string of the molecule is CCCC1(CNC2CCCc3ccccc32)CC1. The fourth-order valence-electron chi connectivity index (χ4n) is 3.53. The van der Waals surface area contributed by atoms with Gasteiger partial charge in [0.25, 0.3) is 0 Å². The standard InChI is InChI=1S/C17H25N/c1-2-10-17(11-12-17)13-18-16-9-5-7-14-6-3-4-8-15(14)16/h3-4,6,8,16,18H,2,5,7,9-13H2,1H3. The van der Waals surface area contributed by atoms with Crippen LogP contribution in [-0.4, -0.2) is 6.54 Å². The maximum Gasteiger partial charge on any atom is 0.0323 e. The van der Waals surface area contributed by atoms with Gasteiger partial charge < -0.3 is 5.32 Å². The molecule has 1 aromatic carbocycles. The van der Waals surface area contributed by atoms with Crippen LogP contribution in [0.15, 0.2) is 24.3 Å². The molecular weight excluding hydrogens is 218 g/mol. The molecule has 0 heterocycles. The van der Waals surface area contributed by atoms with E-state index in [0.717, 1.165) is 0 Å². The summed E-state index contributed by atoms with van der Waals surface area (Å²) in [6, 6.07) is 9.62. The van der Waals surface area contributed by atoms with Crippen molar-refractivity contribution in [1.82, 2.24) is 5.32 Å². The van der Waals surface area contributed by atoms with Crippen molar-refractivity contribution in [3.05, 3.63) is 35.4 Å². The highest BCUT2D eigenvalue weighted by Crippen LogP contribution is 2.49. The van der Waals surface area contributed by atoms with Gasteiger partial charge in [0.05, 0.1) is 0 Å². The highest BCUT2D eigenvalue weighted by atomic mass is 14.9. The van der Waals surface area contributed by atoms with E-state index in [0.29, 0.717) is 11.5 Å². The van der Waals surface area contributed by atoms with E-state index in [2.05, 4.69) is 36.5 Å². The summed E-state index contributed by atoms with van der Waals surface area (Å²) in [4.78, 5) is 0. The Bertz CT molecular complexity index is 406. The lowest BCUT2D eigenvalue weighted by atomic mass is 9.87. The molecule has 1 nitrogen and oxygen atoms in total. The van der Waals surface area contributed by atoms with Crippen LogP contribution >= 0.6 is 0 Å². The van der Waals surface area contributed by atoms with Gasteiger partial charge in [-0.1, -0.05) is 37.6 Å². The zero-order chi connectivity index (χ0) is 12.4. The van der Waals surface area contributed by atoms with Crippen molar-refractivity contribution in [2.45, 2.75) is 57.9 Å². The van der Waals surface area contributed by atoms with Gasteiger partial charge in [0, 0.05) is 12.6 Å². The molecule has 18 heavy (non-hydrogen) atoms. The summed E-state index contributed by atoms with van der Waals surface area (Å²) < 4.78 is 0. The molecule has 2 aliphatic carbocycles. The van der Waals surface area contributed by atoms with E-state index >= 15 is 0 Å². The predicted octanol–water partition coefficient (Wildman–Crippen LogP) is 4.23. The molecule has 1 unspecified atom stereocenters. The van der Waals surface area contributed by atoms with Crippen LogP contribution in [0.1, 0.15) is 62.6 Å². The molecule has 0 bridgehead atoms. The highest BCUT2D eigenvalue weighted by molar-refractivity contribution is 5.32. The molecule has 98 valence electrons. The van der Waals surface area contributed by atoms with Gasteiger partial charge in [-0.05, 0) is 55.1 Å².